The summed E-state index contributed by atoms with van der Waals surface area (Å²) < 4.78 is 5.10. The Bertz CT molecular complexity index is 389. The first-order valence-corrected chi connectivity index (χ1v) is 6.67. The SMILES string of the molecule is O=C(O)C[C@H](NCCOCCN[C@@H](CC(=O)O)C(=O)O)C(=O)O. The highest BCUT2D eigenvalue weighted by Gasteiger charge is 2.20. The number of ether oxygens (including phenoxy) is 1. The van der Waals surface area contributed by atoms with Crippen LogP contribution in [-0.2, 0) is 23.9 Å². The van der Waals surface area contributed by atoms with E-state index >= 15 is 0 Å². The topological polar surface area (TPSA) is 182 Å². The summed E-state index contributed by atoms with van der Waals surface area (Å²) in [5.74, 6) is -5.06. The van der Waals surface area contributed by atoms with E-state index in [0.717, 1.165) is 0 Å². The number of carbonyl (C=O) groups is 4. The summed E-state index contributed by atoms with van der Waals surface area (Å²) in [7, 11) is 0. The van der Waals surface area contributed by atoms with Crippen LogP contribution in [0.3, 0.4) is 0 Å². The summed E-state index contributed by atoms with van der Waals surface area (Å²) in [4.78, 5) is 42.4. The van der Waals surface area contributed by atoms with Gasteiger partial charge < -0.3 is 35.8 Å². The second kappa shape index (κ2) is 11.3. The standard InChI is InChI=1S/C12H20N2O9/c15-9(16)5-7(11(19)20)13-1-3-23-4-2-14-8(12(21)22)6-10(17)18/h7-8,13-14H,1-6H2,(H,15,16)(H,17,18)(H,19,20)(H,21,22)/t7-,8-/m0/s1. The quantitative estimate of drug-likeness (QED) is 0.194. The molecule has 0 saturated carbocycles. The van der Waals surface area contributed by atoms with Gasteiger partial charge in [-0.25, -0.2) is 0 Å². The zero-order valence-electron chi connectivity index (χ0n) is 12.2. The lowest BCUT2D eigenvalue weighted by molar-refractivity contribution is -0.146. The van der Waals surface area contributed by atoms with Gasteiger partial charge in [0.2, 0.25) is 0 Å². The zero-order valence-corrected chi connectivity index (χ0v) is 12.2. The number of rotatable bonds is 14. The number of nitrogens with one attached hydrogen (secondary N) is 2. The van der Waals surface area contributed by atoms with Gasteiger partial charge >= 0.3 is 23.9 Å². The van der Waals surface area contributed by atoms with E-state index in [9.17, 15) is 19.2 Å². The number of aliphatic carboxylic acids is 4. The summed E-state index contributed by atoms with van der Waals surface area (Å²) >= 11 is 0. The molecular formula is C12H20N2O9. The fourth-order valence-electron chi connectivity index (χ4n) is 1.56. The molecule has 0 rings (SSSR count). The fourth-order valence-corrected chi connectivity index (χ4v) is 1.56. The van der Waals surface area contributed by atoms with Crippen molar-refractivity contribution in [3.05, 3.63) is 0 Å². The molecule has 6 N–H and O–H groups in total. The van der Waals surface area contributed by atoms with Gasteiger partial charge in [0.25, 0.3) is 0 Å². The monoisotopic (exact) mass is 336 g/mol. The summed E-state index contributed by atoms with van der Waals surface area (Å²) in [5.41, 5.74) is 0. The average Bonchev–Trinajstić information content (AvgIpc) is 2.42. The van der Waals surface area contributed by atoms with Crippen LogP contribution in [-0.4, -0.2) is 82.7 Å². The molecule has 0 radical (unpaired) electrons. The molecular weight excluding hydrogens is 316 g/mol. The van der Waals surface area contributed by atoms with E-state index in [-0.39, 0.29) is 26.3 Å². The number of carboxylic acids is 4. The van der Waals surface area contributed by atoms with E-state index in [2.05, 4.69) is 10.6 Å². The Kier molecular flexibility index (Phi) is 10.2. The average molecular weight is 336 g/mol. The molecule has 0 bridgehead atoms. The highest BCUT2D eigenvalue weighted by atomic mass is 16.5. The molecule has 0 aliphatic rings. The molecule has 132 valence electrons. The van der Waals surface area contributed by atoms with E-state index in [0.29, 0.717) is 0 Å². The predicted molar refractivity (Wildman–Crippen MR) is 74.2 cm³/mol. The molecule has 0 amide bonds. The van der Waals surface area contributed by atoms with Gasteiger partial charge in [-0.15, -0.1) is 0 Å². The molecule has 0 fully saturated rings. The lowest BCUT2D eigenvalue weighted by Gasteiger charge is -2.14. The molecule has 0 spiro atoms. The van der Waals surface area contributed by atoms with Crippen molar-refractivity contribution in [2.75, 3.05) is 26.3 Å². The molecule has 2 atom stereocenters. The Morgan fingerprint density at radius 1 is 0.739 bits per heavy atom. The third-order valence-electron chi connectivity index (χ3n) is 2.63. The Morgan fingerprint density at radius 2 is 1.09 bits per heavy atom. The molecule has 23 heavy (non-hydrogen) atoms. The summed E-state index contributed by atoms with van der Waals surface area (Å²) in [6, 6.07) is -2.44. The van der Waals surface area contributed by atoms with Gasteiger partial charge in [0.1, 0.15) is 12.1 Å². The van der Waals surface area contributed by atoms with Gasteiger partial charge in [0.05, 0.1) is 26.1 Å². The van der Waals surface area contributed by atoms with E-state index in [1.165, 1.54) is 0 Å². The molecule has 0 heterocycles. The van der Waals surface area contributed by atoms with Gasteiger partial charge in [0, 0.05) is 13.1 Å². The first kappa shape index (κ1) is 20.8. The molecule has 11 nitrogen and oxygen atoms in total. The maximum Gasteiger partial charge on any atom is 0.321 e. The van der Waals surface area contributed by atoms with E-state index in [1.807, 2.05) is 0 Å². The molecule has 0 aromatic heterocycles. The zero-order chi connectivity index (χ0) is 17.8. The Morgan fingerprint density at radius 3 is 1.35 bits per heavy atom. The number of carboxylic acid groups (broad SMARTS) is 4. The van der Waals surface area contributed by atoms with Crippen LogP contribution >= 0.6 is 0 Å². The van der Waals surface area contributed by atoms with E-state index in [1.54, 1.807) is 0 Å². The van der Waals surface area contributed by atoms with E-state index in [4.69, 9.17) is 25.2 Å². The normalized spacial score (nSPS) is 13.2. The Hall–Kier alpha value is -2.24. The lowest BCUT2D eigenvalue weighted by atomic mass is 10.2. The minimum Gasteiger partial charge on any atom is -0.481 e. The molecule has 0 saturated heterocycles. The maximum absolute atomic E-state index is 10.7. The first-order chi connectivity index (χ1) is 10.7. The molecule has 0 unspecified atom stereocenters. The number of hydrogen-bond donors (Lipinski definition) is 6. The minimum absolute atomic E-state index is 0.0851. The van der Waals surface area contributed by atoms with Crippen molar-refractivity contribution in [3.63, 3.8) is 0 Å². The van der Waals surface area contributed by atoms with E-state index < -0.39 is 48.8 Å². The number of hydrogen-bond acceptors (Lipinski definition) is 7. The molecule has 0 aliphatic carbocycles. The van der Waals surface area contributed by atoms with Crippen LogP contribution in [0.1, 0.15) is 12.8 Å². The van der Waals surface area contributed by atoms with Crippen LogP contribution in [0.15, 0.2) is 0 Å². The lowest BCUT2D eigenvalue weighted by Crippen LogP contribution is -2.41. The van der Waals surface area contributed by atoms with Gasteiger partial charge in [0.15, 0.2) is 0 Å². The third-order valence-corrected chi connectivity index (χ3v) is 2.63. The largest absolute Gasteiger partial charge is 0.481 e. The highest BCUT2D eigenvalue weighted by Crippen LogP contribution is 1.93. The van der Waals surface area contributed by atoms with Crippen molar-refractivity contribution in [3.8, 4) is 0 Å². The Balaban J connectivity index is 3.83. The molecule has 0 aromatic carbocycles. The van der Waals surface area contributed by atoms with Crippen molar-refractivity contribution < 1.29 is 44.3 Å². The van der Waals surface area contributed by atoms with Crippen LogP contribution in [0.25, 0.3) is 0 Å². The first-order valence-electron chi connectivity index (χ1n) is 6.67. The van der Waals surface area contributed by atoms with Crippen LogP contribution in [0.2, 0.25) is 0 Å². The second-order valence-electron chi connectivity index (χ2n) is 4.50. The third kappa shape index (κ3) is 11.0. The smallest absolute Gasteiger partial charge is 0.321 e. The summed E-state index contributed by atoms with van der Waals surface area (Å²) in [6.07, 6.45) is -1.13. The summed E-state index contributed by atoms with van der Waals surface area (Å²) in [5, 5.41) is 39.6. The molecule has 0 aliphatic heterocycles. The van der Waals surface area contributed by atoms with Crippen LogP contribution < -0.4 is 10.6 Å². The second-order valence-corrected chi connectivity index (χ2v) is 4.50. The van der Waals surface area contributed by atoms with Crippen molar-refractivity contribution in [2.24, 2.45) is 0 Å². The minimum atomic E-state index is -1.29. The van der Waals surface area contributed by atoms with Crippen molar-refractivity contribution in [1.29, 1.82) is 0 Å². The van der Waals surface area contributed by atoms with Crippen LogP contribution in [0, 0.1) is 0 Å². The maximum atomic E-state index is 10.7. The molecule has 11 heteroatoms. The van der Waals surface area contributed by atoms with Gasteiger partial charge in [-0.05, 0) is 0 Å². The highest BCUT2D eigenvalue weighted by molar-refractivity contribution is 5.81. The van der Waals surface area contributed by atoms with Crippen molar-refractivity contribution >= 4 is 23.9 Å². The van der Waals surface area contributed by atoms with Gasteiger partial charge in [-0.1, -0.05) is 0 Å². The van der Waals surface area contributed by atoms with Gasteiger partial charge in [-0.3, -0.25) is 19.2 Å². The fraction of sp³-hybridized carbons (Fsp3) is 0.667. The molecule has 0 aromatic rings. The van der Waals surface area contributed by atoms with Gasteiger partial charge in [-0.2, -0.15) is 0 Å². The van der Waals surface area contributed by atoms with Crippen LogP contribution in [0.5, 0.6) is 0 Å². The van der Waals surface area contributed by atoms with Crippen molar-refractivity contribution in [1.82, 2.24) is 10.6 Å². The Labute approximate surface area is 131 Å². The summed E-state index contributed by atoms with van der Waals surface area (Å²) in [6.45, 7) is 0.368. The predicted octanol–water partition coefficient (Wildman–Crippen LogP) is -1.96. The van der Waals surface area contributed by atoms with Crippen LogP contribution in [0.4, 0.5) is 0 Å². The van der Waals surface area contributed by atoms with Crippen molar-refractivity contribution in [2.45, 2.75) is 24.9 Å².